The molecular formula is C19H22N2. The maximum Gasteiger partial charge on any atom is 0.122 e. The third kappa shape index (κ3) is 2.34. The van der Waals surface area contributed by atoms with Crippen LogP contribution in [0.15, 0.2) is 54.6 Å². The highest BCUT2D eigenvalue weighted by atomic mass is 15.0. The highest BCUT2D eigenvalue weighted by Gasteiger charge is 2.42. The molecule has 2 N–H and O–H groups in total. The van der Waals surface area contributed by atoms with E-state index in [4.69, 9.17) is 1.41 Å². The lowest BCUT2D eigenvalue weighted by Gasteiger charge is -2.39. The molecule has 0 aliphatic carbocycles. The van der Waals surface area contributed by atoms with Gasteiger partial charge in [-0.3, -0.25) is 0 Å². The molecule has 2 heteroatoms. The summed E-state index contributed by atoms with van der Waals surface area (Å²) < 4.78 is 8.32. The molecule has 1 fully saturated rings. The predicted octanol–water partition coefficient (Wildman–Crippen LogP) is 3.34. The summed E-state index contributed by atoms with van der Waals surface area (Å²) in [5.41, 5.74) is 4.30. The quantitative estimate of drug-likeness (QED) is 0.881. The summed E-state index contributed by atoms with van der Waals surface area (Å²) in [4.78, 5) is 0. The Hall–Kier alpha value is -1.80. The van der Waals surface area contributed by atoms with Crippen molar-refractivity contribution in [2.24, 2.45) is 0 Å². The standard InChI is InChI=1S/C19H22N2/c1-2-6-15(7-3-1)12-16-13-19(10-11-20-16)14-21-18-9-5-4-8-17(18)19/h1-9,16,20-21H,10-14H2/i/hD. The number of hydrogen-bond acceptors (Lipinski definition) is 2. The molecule has 2 atom stereocenters. The number of fused-ring (bicyclic) bond motifs is 2. The average Bonchev–Trinajstić information content (AvgIpc) is 2.91. The fraction of sp³-hybridized carbons (Fsp3) is 0.368. The first-order chi connectivity index (χ1) is 10.8. The zero-order chi connectivity index (χ0) is 15.0. The average molecular weight is 279 g/mol. The van der Waals surface area contributed by atoms with E-state index in [0.29, 0.717) is 6.04 Å². The highest BCUT2D eigenvalue weighted by molar-refractivity contribution is 5.60. The van der Waals surface area contributed by atoms with Crippen molar-refractivity contribution in [2.75, 3.05) is 18.4 Å². The van der Waals surface area contributed by atoms with Crippen LogP contribution in [0, 0.1) is 0 Å². The number of rotatable bonds is 2. The molecule has 2 aromatic carbocycles. The summed E-state index contributed by atoms with van der Waals surface area (Å²) in [5, 5.41) is 5.38. The van der Waals surface area contributed by atoms with Gasteiger partial charge < -0.3 is 10.6 Å². The maximum atomic E-state index is 8.32. The van der Waals surface area contributed by atoms with E-state index in [0.717, 1.165) is 32.4 Å². The molecule has 2 aromatic rings. The van der Waals surface area contributed by atoms with Crippen LogP contribution >= 0.6 is 0 Å². The number of nitrogens with one attached hydrogen (secondary N) is 2. The van der Waals surface area contributed by atoms with Crippen molar-refractivity contribution in [1.29, 1.82) is 0 Å². The van der Waals surface area contributed by atoms with Crippen molar-refractivity contribution >= 4 is 5.69 Å². The van der Waals surface area contributed by atoms with E-state index < -0.39 is 0 Å². The van der Waals surface area contributed by atoms with E-state index in [1.807, 2.05) is 0 Å². The summed E-state index contributed by atoms with van der Waals surface area (Å²) in [6, 6.07) is 19.6. The van der Waals surface area contributed by atoms with Crippen molar-refractivity contribution in [3.8, 4) is 0 Å². The lowest BCUT2D eigenvalue weighted by Crippen LogP contribution is -2.48. The Bertz CT molecular complexity index is 657. The second-order valence-electron chi connectivity index (χ2n) is 6.38. The van der Waals surface area contributed by atoms with E-state index in [-0.39, 0.29) is 5.41 Å². The van der Waals surface area contributed by atoms with Crippen LogP contribution in [0.1, 0.15) is 24.0 Å². The van der Waals surface area contributed by atoms with E-state index in [2.05, 4.69) is 59.9 Å². The molecule has 0 amide bonds. The molecule has 108 valence electrons. The van der Waals surface area contributed by atoms with Gasteiger partial charge in [-0.25, -0.2) is 0 Å². The lowest BCUT2D eigenvalue weighted by molar-refractivity contribution is 0.270. The lowest BCUT2D eigenvalue weighted by atomic mass is 9.71. The van der Waals surface area contributed by atoms with Crippen LogP contribution in [0.5, 0.6) is 0 Å². The first-order valence-corrected chi connectivity index (χ1v) is 7.90. The Morgan fingerprint density at radius 1 is 1.10 bits per heavy atom. The van der Waals surface area contributed by atoms with Gasteiger partial charge in [-0.1, -0.05) is 48.5 Å². The zero-order valence-corrected chi connectivity index (χ0v) is 12.3. The molecule has 1 spiro atoms. The molecule has 21 heavy (non-hydrogen) atoms. The van der Waals surface area contributed by atoms with Crippen LogP contribution in [0.3, 0.4) is 0 Å². The monoisotopic (exact) mass is 279 g/mol. The van der Waals surface area contributed by atoms with Gasteiger partial charge in [0.2, 0.25) is 0 Å². The minimum absolute atomic E-state index is 0.216. The molecule has 2 heterocycles. The summed E-state index contributed by atoms with van der Waals surface area (Å²) >= 11 is 0. The molecule has 0 bridgehead atoms. The summed E-state index contributed by atoms with van der Waals surface area (Å²) in [6.45, 7) is 1.87. The Morgan fingerprint density at radius 2 is 1.90 bits per heavy atom. The molecule has 2 aliphatic heterocycles. The van der Waals surface area contributed by atoms with E-state index >= 15 is 0 Å². The summed E-state index contributed by atoms with van der Waals surface area (Å²) in [7, 11) is 0. The van der Waals surface area contributed by atoms with E-state index in [1.54, 1.807) is 5.31 Å². The Labute approximate surface area is 128 Å². The van der Waals surface area contributed by atoms with Crippen LogP contribution in [-0.4, -0.2) is 19.1 Å². The van der Waals surface area contributed by atoms with Crippen molar-refractivity contribution in [3.63, 3.8) is 0 Å². The van der Waals surface area contributed by atoms with Gasteiger partial charge in [0, 0.05) is 23.7 Å². The van der Waals surface area contributed by atoms with Gasteiger partial charge in [0.1, 0.15) is 1.41 Å². The number of piperidine rings is 1. The third-order valence-electron chi connectivity index (χ3n) is 5.03. The van der Waals surface area contributed by atoms with Crippen LogP contribution in [0.4, 0.5) is 5.69 Å². The molecule has 2 aliphatic rings. The van der Waals surface area contributed by atoms with Gasteiger partial charge in [0.05, 0.1) is 0 Å². The molecule has 2 nitrogen and oxygen atoms in total. The smallest absolute Gasteiger partial charge is 0.122 e. The van der Waals surface area contributed by atoms with Crippen LogP contribution in [0.25, 0.3) is 0 Å². The minimum Gasteiger partial charge on any atom is -0.384 e. The van der Waals surface area contributed by atoms with Gasteiger partial charge in [0.25, 0.3) is 0 Å². The first kappa shape index (κ1) is 11.8. The normalized spacial score (nSPS) is 29.0. The highest BCUT2D eigenvalue weighted by Crippen LogP contribution is 2.44. The van der Waals surface area contributed by atoms with E-state index in [1.165, 1.54) is 16.8 Å². The van der Waals surface area contributed by atoms with Crippen molar-refractivity contribution in [1.82, 2.24) is 5.31 Å². The fourth-order valence-corrected chi connectivity index (χ4v) is 3.97. The summed E-state index contributed by atoms with van der Waals surface area (Å²) in [5.74, 6) is 0. The molecular weight excluding hydrogens is 256 g/mol. The number of hydrogen-bond donors (Lipinski definition) is 2. The molecule has 0 radical (unpaired) electrons. The Kier molecular flexibility index (Phi) is 2.92. The number of benzene rings is 2. The molecule has 0 aromatic heterocycles. The fourth-order valence-electron chi connectivity index (χ4n) is 3.97. The molecule has 4 rings (SSSR count). The van der Waals surface area contributed by atoms with E-state index in [9.17, 15) is 0 Å². The van der Waals surface area contributed by atoms with Gasteiger partial charge >= 0.3 is 0 Å². The second-order valence-corrected chi connectivity index (χ2v) is 6.38. The van der Waals surface area contributed by atoms with Gasteiger partial charge in [-0.2, -0.15) is 0 Å². The number of para-hydroxylation sites is 1. The van der Waals surface area contributed by atoms with Crippen LogP contribution in [-0.2, 0) is 11.8 Å². The van der Waals surface area contributed by atoms with Gasteiger partial charge in [0.15, 0.2) is 0 Å². The maximum absolute atomic E-state index is 8.32. The third-order valence-corrected chi connectivity index (χ3v) is 5.03. The number of anilines is 1. The topological polar surface area (TPSA) is 24.1 Å². The first-order valence-electron chi connectivity index (χ1n) is 8.34. The predicted molar refractivity (Wildman–Crippen MR) is 87.8 cm³/mol. The zero-order valence-electron chi connectivity index (χ0n) is 13.3. The van der Waals surface area contributed by atoms with Gasteiger partial charge in [-0.05, 0) is 43.0 Å². The van der Waals surface area contributed by atoms with Crippen molar-refractivity contribution < 1.29 is 1.41 Å². The second kappa shape index (κ2) is 5.19. The minimum atomic E-state index is 0.216. The van der Waals surface area contributed by atoms with Crippen molar-refractivity contribution in [2.45, 2.75) is 30.7 Å². The van der Waals surface area contributed by atoms with Crippen molar-refractivity contribution in [3.05, 3.63) is 65.7 Å². The van der Waals surface area contributed by atoms with Gasteiger partial charge in [-0.15, -0.1) is 0 Å². The Morgan fingerprint density at radius 3 is 2.81 bits per heavy atom. The summed E-state index contributed by atoms with van der Waals surface area (Å²) in [6.07, 6.45) is 3.11. The van der Waals surface area contributed by atoms with Crippen LogP contribution < -0.4 is 10.6 Å². The molecule has 2 unspecified atom stereocenters. The largest absolute Gasteiger partial charge is 0.384 e. The van der Waals surface area contributed by atoms with Crippen LogP contribution in [0.2, 0.25) is 1.41 Å². The SMILES string of the molecule is [2H]N1CCC2(CNc3ccccc32)CC1Cc1ccccc1. The molecule has 0 saturated carbocycles. The Balaban J connectivity index is 1.60. The molecule has 1 saturated heterocycles.